The van der Waals surface area contributed by atoms with Crippen LogP contribution in [0.15, 0.2) is 0 Å². The lowest BCUT2D eigenvalue weighted by Gasteiger charge is -2.29. The van der Waals surface area contributed by atoms with Gasteiger partial charge in [0.15, 0.2) is 0 Å². The second kappa shape index (κ2) is 8.85. The molecule has 0 spiro atoms. The van der Waals surface area contributed by atoms with Crippen LogP contribution >= 0.6 is 12.4 Å². The molecule has 2 aliphatic rings. The summed E-state index contributed by atoms with van der Waals surface area (Å²) in [7, 11) is 0. The van der Waals surface area contributed by atoms with Crippen LogP contribution < -0.4 is 5.32 Å². The van der Waals surface area contributed by atoms with E-state index in [0.717, 1.165) is 38.5 Å². The fraction of sp³-hybridized carbons (Fsp3) is 0.933. The van der Waals surface area contributed by atoms with Crippen LogP contribution in [0.4, 0.5) is 0 Å². The second-order valence-corrected chi connectivity index (χ2v) is 6.33. The minimum Gasteiger partial charge on any atom is -0.341 e. The molecule has 1 amide bonds. The number of hydrogen-bond acceptors (Lipinski definition) is 3. The van der Waals surface area contributed by atoms with E-state index in [9.17, 15) is 4.79 Å². The highest BCUT2D eigenvalue weighted by molar-refractivity contribution is 5.85. The lowest BCUT2D eigenvalue weighted by Crippen LogP contribution is -2.39. The van der Waals surface area contributed by atoms with Gasteiger partial charge >= 0.3 is 0 Å². The van der Waals surface area contributed by atoms with Crippen molar-refractivity contribution < 1.29 is 4.79 Å². The third kappa shape index (κ3) is 5.23. The van der Waals surface area contributed by atoms with Crippen molar-refractivity contribution in [3.05, 3.63) is 0 Å². The molecule has 1 N–H and O–H groups in total. The fourth-order valence-electron chi connectivity index (χ4n) is 3.17. The predicted octanol–water partition coefficient (Wildman–Crippen LogP) is 1.60. The van der Waals surface area contributed by atoms with E-state index >= 15 is 0 Å². The van der Waals surface area contributed by atoms with Crippen molar-refractivity contribution >= 4 is 18.3 Å². The molecule has 0 unspecified atom stereocenters. The lowest BCUT2D eigenvalue weighted by atomic mass is 9.97. The fourth-order valence-corrected chi connectivity index (χ4v) is 3.17. The van der Waals surface area contributed by atoms with E-state index in [4.69, 9.17) is 0 Å². The summed E-state index contributed by atoms with van der Waals surface area (Å²) < 4.78 is 0. The summed E-state index contributed by atoms with van der Waals surface area (Å²) in [6.45, 7) is 11.7. The van der Waals surface area contributed by atoms with Crippen LogP contribution in [0.25, 0.3) is 0 Å². The van der Waals surface area contributed by atoms with Crippen LogP contribution in [0.5, 0.6) is 0 Å². The quantitative estimate of drug-likeness (QED) is 0.860. The van der Waals surface area contributed by atoms with E-state index in [1.165, 1.54) is 32.5 Å². The maximum Gasteiger partial charge on any atom is 0.225 e. The summed E-state index contributed by atoms with van der Waals surface area (Å²) in [6.07, 6.45) is 3.75. The van der Waals surface area contributed by atoms with Crippen molar-refractivity contribution in [1.29, 1.82) is 0 Å². The van der Waals surface area contributed by atoms with Crippen LogP contribution in [-0.4, -0.2) is 61.5 Å². The van der Waals surface area contributed by atoms with Gasteiger partial charge in [0.25, 0.3) is 0 Å². The predicted molar refractivity (Wildman–Crippen MR) is 85.3 cm³/mol. The molecule has 0 aliphatic carbocycles. The number of carbonyl (C=O) groups is 1. The van der Waals surface area contributed by atoms with E-state index < -0.39 is 0 Å². The number of amides is 1. The number of halogens is 1. The molecule has 20 heavy (non-hydrogen) atoms. The molecule has 2 heterocycles. The molecule has 2 fully saturated rings. The summed E-state index contributed by atoms with van der Waals surface area (Å²) in [5.74, 6) is 1.31. The van der Waals surface area contributed by atoms with Gasteiger partial charge in [-0.3, -0.25) is 4.79 Å². The van der Waals surface area contributed by atoms with Crippen LogP contribution in [-0.2, 0) is 4.79 Å². The van der Waals surface area contributed by atoms with Crippen molar-refractivity contribution in [3.8, 4) is 0 Å². The number of nitrogens with one attached hydrogen (secondary N) is 1. The maximum absolute atomic E-state index is 12.0. The van der Waals surface area contributed by atoms with Crippen molar-refractivity contribution in [2.45, 2.75) is 33.1 Å². The first-order valence-electron chi connectivity index (χ1n) is 7.88. The first-order chi connectivity index (χ1) is 9.16. The second-order valence-electron chi connectivity index (χ2n) is 6.33. The molecule has 118 valence electrons. The van der Waals surface area contributed by atoms with Gasteiger partial charge in [-0.25, -0.2) is 0 Å². The normalized spacial score (nSPS) is 22.4. The van der Waals surface area contributed by atoms with Crippen LogP contribution in [0, 0.1) is 11.8 Å². The zero-order valence-corrected chi connectivity index (χ0v) is 13.8. The Morgan fingerprint density at radius 3 is 2.50 bits per heavy atom. The van der Waals surface area contributed by atoms with Gasteiger partial charge in [0, 0.05) is 32.1 Å². The van der Waals surface area contributed by atoms with Crippen molar-refractivity contribution in [1.82, 2.24) is 15.1 Å². The Morgan fingerprint density at radius 2 is 1.85 bits per heavy atom. The van der Waals surface area contributed by atoms with Crippen LogP contribution in [0.3, 0.4) is 0 Å². The van der Waals surface area contributed by atoms with Gasteiger partial charge in [-0.2, -0.15) is 0 Å². The smallest absolute Gasteiger partial charge is 0.225 e. The highest BCUT2D eigenvalue weighted by Crippen LogP contribution is 2.15. The molecular formula is C15H30ClN3O. The Hall–Kier alpha value is -0.320. The molecule has 0 aromatic carbocycles. The van der Waals surface area contributed by atoms with Crippen LogP contribution in [0.1, 0.15) is 33.1 Å². The molecule has 0 bridgehead atoms. The summed E-state index contributed by atoms with van der Waals surface area (Å²) >= 11 is 0. The molecular weight excluding hydrogens is 274 g/mol. The first-order valence-corrected chi connectivity index (χ1v) is 7.88. The van der Waals surface area contributed by atoms with Gasteiger partial charge in [-0.05, 0) is 44.8 Å². The largest absolute Gasteiger partial charge is 0.341 e. The third-order valence-electron chi connectivity index (χ3n) is 4.37. The van der Waals surface area contributed by atoms with E-state index in [2.05, 4.69) is 15.1 Å². The van der Waals surface area contributed by atoms with E-state index in [0.29, 0.717) is 5.91 Å². The van der Waals surface area contributed by atoms with Crippen molar-refractivity contribution in [3.63, 3.8) is 0 Å². The van der Waals surface area contributed by atoms with Gasteiger partial charge in [-0.1, -0.05) is 13.8 Å². The van der Waals surface area contributed by atoms with E-state index in [1.807, 2.05) is 13.8 Å². The lowest BCUT2D eigenvalue weighted by molar-refractivity contribution is -0.134. The number of nitrogens with zero attached hydrogens (tertiary/aromatic N) is 2. The molecule has 0 aromatic rings. The monoisotopic (exact) mass is 303 g/mol. The molecule has 0 radical (unpaired) electrons. The van der Waals surface area contributed by atoms with Gasteiger partial charge < -0.3 is 15.1 Å². The van der Waals surface area contributed by atoms with Gasteiger partial charge in [0.2, 0.25) is 5.91 Å². The SMILES string of the molecule is CC(C)C(=O)N1CCCN(CC2CCNCC2)CC1.Cl. The Bertz CT molecular complexity index is 293. The van der Waals surface area contributed by atoms with E-state index in [1.54, 1.807) is 0 Å². The average Bonchev–Trinajstić information content (AvgIpc) is 2.64. The number of rotatable bonds is 3. The average molecular weight is 304 g/mol. The zero-order chi connectivity index (χ0) is 13.7. The molecule has 2 aliphatic heterocycles. The minimum absolute atomic E-state index is 0. The molecule has 5 heteroatoms. The highest BCUT2D eigenvalue weighted by Gasteiger charge is 2.23. The summed E-state index contributed by atoms with van der Waals surface area (Å²) in [5, 5.41) is 3.43. The van der Waals surface area contributed by atoms with Crippen LogP contribution in [0.2, 0.25) is 0 Å². The number of carbonyl (C=O) groups excluding carboxylic acids is 1. The van der Waals surface area contributed by atoms with Crippen molar-refractivity contribution in [2.24, 2.45) is 11.8 Å². The Morgan fingerprint density at radius 1 is 1.15 bits per heavy atom. The third-order valence-corrected chi connectivity index (χ3v) is 4.37. The first kappa shape index (κ1) is 17.7. The number of piperidine rings is 1. The van der Waals surface area contributed by atoms with Crippen molar-refractivity contribution in [2.75, 3.05) is 45.8 Å². The molecule has 4 nitrogen and oxygen atoms in total. The highest BCUT2D eigenvalue weighted by atomic mass is 35.5. The zero-order valence-electron chi connectivity index (χ0n) is 12.9. The van der Waals surface area contributed by atoms with Gasteiger partial charge in [0.1, 0.15) is 0 Å². The molecule has 0 atom stereocenters. The Balaban J connectivity index is 0.00000200. The molecule has 2 saturated heterocycles. The Labute approximate surface area is 129 Å². The molecule has 0 saturated carbocycles. The summed E-state index contributed by atoms with van der Waals surface area (Å²) in [4.78, 5) is 16.7. The molecule has 2 rings (SSSR count). The van der Waals surface area contributed by atoms with E-state index in [-0.39, 0.29) is 18.3 Å². The minimum atomic E-state index is 0. The van der Waals surface area contributed by atoms with Gasteiger partial charge in [0.05, 0.1) is 0 Å². The molecule has 0 aromatic heterocycles. The number of hydrogen-bond donors (Lipinski definition) is 1. The van der Waals surface area contributed by atoms with Gasteiger partial charge in [-0.15, -0.1) is 12.4 Å². The maximum atomic E-state index is 12.0. The summed E-state index contributed by atoms with van der Waals surface area (Å²) in [6, 6.07) is 0. The summed E-state index contributed by atoms with van der Waals surface area (Å²) in [5.41, 5.74) is 0. The standard InChI is InChI=1S/C15H29N3O.ClH/c1-13(2)15(19)18-9-3-8-17(10-11-18)12-14-4-6-16-7-5-14;/h13-14,16H,3-12H2,1-2H3;1H. The topological polar surface area (TPSA) is 35.6 Å². The Kier molecular flexibility index (Phi) is 7.85.